The molecule has 3 aromatic carbocycles. The Balaban J connectivity index is 1.51. The average Bonchev–Trinajstić information content (AvgIpc) is 3.49. The van der Waals surface area contributed by atoms with Gasteiger partial charge in [0, 0.05) is 27.8 Å². The molecule has 10 heteroatoms. The first kappa shape index (κ1) is 30.8. The minimum Gasteiger partial charge on any atom is -0.494 e. The van der Waals surface area contributed by atoms with Crippen LogP contribution in [0.3, 0.4) is 0 Å². The Labute approximate surface area is 269 Å². The highest BCUT2D eigenvalue weighted by molar-refractivity contribution is 7.07. The number of ether oxygens (including phenoxy) is 2. The van der Waals surface area contributed by atoms with Crippen LogP contribution in [0.4, 0.5) is 5.69 Å². The molecule has 0 spiro atoms. The molecule has 1 N–H and O–H groups in total. The topological polar surface area (TPSA) is 104 Å². The summed E-state index contributed by atoms with van der Waals surface area (Å²) in [5.74, 6) is 0.0345. The van der Waals surface area contributed by atoms with E-state index < -0.39 is 6.04 Å². The SMILES string of the molecule is CCOC(=O)Cn1c(C)c(/C=c2\sc3n(c2=O)C(c2ccc(OCC)cc2)C(C(=O)Nc2ccccc2)=C(C)N=3)c2ccccc21. The zero-order valence-electron chi connectivity index (χ0n) is 26.1. The van der Waals surface area contributed by atoms with Gasteiger partial charge >= 0.3 is 5.97 Å². The number of carbonyl (C=O) groups is 2. The van der Waals surface area contributed by atoms with Crippen LogP contribution in [0.1, 0.15) is 43.6 Å². The minimum absolute atomic E-state index is 0.0616. The number of thiazole rings is 1. The number of nitrogens with zero attached hydrogens (tertiary/aromatic N) is 3. The van der Waals surface area contributed by atoms with Gasteiger partial charge in [-0.15, -0.1) is 0 Å². The van der Waals surface area contributed by atoms with Crippen molar-refractivity contribution in [3.8, 4) is 5.75 Å². The quantitative estimate of drug-likeness (QED) is 0.227. The first-order valence-corrected chi connectivity index (χ1v) is 16.0. The minimum atomic E-state index is -0.718. The van der Waals surface area contributed by atoms with E-state index in [9.17, 15) is 14.4 Å². The molecule has 0 saturated carbocycles. The number of hydrogen-bond donors (Lipinski definition) is 1. The maximum Gasteiger partial charge on any atom is 0.325 e. The Morgan fingerprint density at radius 1 is 0.957 bits per heavy atom. The molecular formula is C36H34N4O5S. The molecule has 5 aromatic rings. The van der Waals surface area contributed by atoms with Crippen molar-refractivity contribution in [2.45, 2.75) is 40.3 Å². The normalized spacial score (nSPS) is 14.6. The van der Waals surface area contributed by atoms with Gasteiger partial charge in [-0.2, -0.15) is 0 Å². The molecular weight excluding hydrogens is 600 g/mol. The van der Waals surface area contributed by atoms with E-state index in [0.717, 1.165) is 27.7 Å². The molecule has 234 valence electrons. The van der Waals surface area contributed by atoms with Gasteiger partial charge in [0.1, 0.15) is 12.3 Å². The number of rotatable bonds is 9. The number of benzene rings is 3. The van der Waals surface area contributed by atoms with Crippen molar-refractivity contribution in [1.82, 2.24) is 9.13 Å². The standard InChI is InChI=1S/C36H34N4O5S/c1-5-44-26-18-16-24(17-19-26)33-32(34(42)38-25-12-8-7-9-13-25)22(3)37-36-40(33)35(43)30(46-36)20-28-23(4)39(21-31(41)45-6-2)29-15-11-10-14-27(28)29/h7-20,33H,5-6,21H2,1-4H3,(H,38,42)/b30-20-. The van der Waals surface area contributed by atoms with Crippen molar-refractivity contribution < 1.29 is 19.1 Å². The third-order valence-electron chi connectivity index (χ3n) is 7.95. The van der Waals surface area contributed by atoms with Crippen molar-refractivity contribution >= 4 is 45.9 Å². The Morgan fingerprint density at radius 3 is 2.39 bits per heavy atom. The molecule has 0 aliphatic carbocycles. The third-order valence-corrected chi connectivity index (χ3v) is 8.94. The van der Waals surface area contributed by atoms with E-state index in [4.69, 9.17) is 14.5 Å². The van der Waals surface area contributed by atoms with Crippen molar-refractivity contribution in [2.24, 2.45) is 4.99 Å². The number of anilines is 1. The van der Waals surface area contributed by atoms with Gasteiger partial charge in [-0.1, -0.05) is 59.9 Å². The first-order valence-electron chi connectivity index (χ1n) is 15.2. The molecule has 1 aliphatic heterocycles. The summed E-state index contributed by atoms with van der Waals surface area (Å²) in [6.45, 7) is 8.31. The van der Waals surface area contributed by atoms with E-state index in [1.165, 1.54) is 11.3 Å². The molecule has 9 nitrogen and oxygen atoms in total. The van der Waals surface area contributed by atoms with Gasteiger partial charge in [0.25, 0.3) is 11.5 Å². The molecule has 6 rings (SSSR count). The van der Waals surface area contributed by atoms with E-state index in [1.54, 1.807) is 18.4 Å². The lowest BCUT2D eigenvalue weighted by Gasteiger charge is -2.25. The average molecular weight is 635 g/mol. The zero-order chi connectivity index (χ0) is 32.4. The van der Waals surface area contributed by atoms with Crippen molar-refractivity contribution in [2.75, 3.05) is 18.5 Å². The van der Waals surface area contributed by atoms with Crippen LogP contribution >= 0.6 is 11.3 Å². The fourth-order valence-corrected chi connectivity index (χ4v) is 6.90. The van der Waals surface area contributed by atoms with Gasteiger partial charge in [-0.3, -0.25) is 19.0 Å². The summed E-state index contributed by atoms with van der Waals surface area (Å²) in [5, 5.41) is 3.90. The van der Waals surface area contributed by atoms with Crippen LogP contribution in [-0.4, -0.2) is 34.2 Å². The van der Waals surface area contributed by atoms with Crippen LogP contribution in [0, 0.1) is 6.92 Å². The fourth-order valence-electron chi connectivity index (χ4n) is 5.87. The molecule has 1 amide bonds. The third kappa shape index (κ3) is 5.79. The number of amides is 1. The summed E-state index contributed by atoms with van der Waals surface area (Å²) < 4.78 is 14.9. The van der Waals surface area contributed by atoms with Gasteiger partial charge in [0.05, 0.1) is 35.1 Å². The second kappa shape index (κ2) is 13.0. The number of fused-ring (bicyclic) bond motifs is 2. The lowest BCUT2D eigenvalue weighted by molar-refractivity contribution is -0.143. The zero-order valence-corrected chi connectivity index (χ0v) is 26.9. The molecule has 0 bridgehead atoms. The molecule has 46 heavy (non-hydrogen) atoms. The Kier molecular flexibility index (Phi) is 8.72. The molecule has 0 fully saturated rings. The monoisotopic (exact) mass is 634 g/mol. The van der Waals surface area contributed by atoms with Gasteiger partial charge < -0.3 is 19.4 Å². The van der Waals surface area contributed by atoms with Crippen LogP contribution in [0.25, 0.3) is 17.0 Å². The summed E-state index contributed by atoms with van der Waals surface area (Å²) >= 11 is 1.27. The van der Waals surface area contributed by atoms with Crippen molar-refractivity contribution in [3.63, 3.8) is 0 Å². The first-order chi connectivity index (χ1) is 22.3. The number of nitrogens with one attached hydrogen (secondary N) is 1. The van der Waals surface area contributed by atoms with Crippen molar-refractivity contribution in [1.29, 1.82) is 0 Å². The molecule has 0 saturated heterocycles. The predicted octanol–water partition coefficient (Wildman–Crippen LogP) is 5.10. The maximum absolute atomic E-state index is 14.3. The Morgan fingerprint density at radius 2 is 1.67 bits per heavy atom. The lowest BCUT2D eigenvalue weighted by atomic mass is 9.95. The number of aromatic nitrogens is 2. The van der Waals surface area contributed by atoms with Gasteiger partial charge in [-0.25, -0.2) is 4.99 Å². The van der Waals surface area contributed by atoms with Crippen LogP contribution in [0.5, 0.6) is 5.75 Å². The molecule has 1 unspecified atom stereocenters. The van der Waals surface area contributed by atoms with Crippen LogP contribution in [0.2, 0.25) is 0 Å². The summed E-state index contributed by atoms with van der Waals surface area (Å²) in [7, 11) is 0. The Hall–Kier alpha value is -5.22. The van der Waals surface area contributed by atoms with E-state index in [0.29, 0.717) is 45.3 Å². The summed E-state index contributed by atoms with van der Waals surface area (Å²) in [5.41, 5.74) is 4.59. The van der Waals surface area contributed by atoms with Gasteiger partial charge in [0.2, 0.25) is 0 Å². The lowest BCUT2D eigenvalue weighted by Crippen LogP contribution is -2.40. The number of allylic oxidation sites excluding steroid dienone is 1. The second-order valence-corrected chi connectivity index (χ2v) is 11.8. The Bertz CT molecular complexity index is 2160. The van der Waals surface area contributed by atoms with Gasteiger partial charge in [0.15, 0.2) is 4.80 Å². The molecule has 1 atom stereocenters. The summed E-state index contributed by atoms with van der Waals surface area (Å²) in [6, 6.07) is 23.7. The highest BCUT2D eigenvalue weighted by atomic mass is 32.1. The van der Waals surface area contributed by atoms with Crippen molar-refractivity contribution in [3.05, 3.63) is 127 Å². The van der Waals surface area contributed by atoms with E-state index >= 15 is 0 Å². The van der Waals surface area contributed by atoms with Crippen LogP contribution < -0.4 is 24.9 Å². The van der Waals surface area contributed by atoms with E-state index in [-0.39, 0.29) is 24.0 Å². The highest BCUT2D eigenvalue weighted by Gasteiger charge is 2.32. The number of esters is 1. The fraction of sp³-hybridized carbons (Fsp3) is 0.222. The van der Waals surface area contributed by atoms with E-state index in [2.05, 4.69) is 5.32 Å². The molecule has 3 heterocycles. The second-order valence-electron chi connectivity index (χ2n) is 10.8. The smallest absolute Gasteiger partial charge is 0.325 e. The molecule has 1 aliphatic rings. The maximum atomic E-state index is 14.3. The number of para-hydroxylation sites is 2. The molecule has 2 aromatic heterocycles. The van der Waals surface area contributed by atoms with E-state index in [1.807, 2.05) is 103 Å². The van der Waals surface area contributed by atoms with Crippen LogP contribution in [0.15, 0.2) is 99.9 Å². The highest BCUT2D eigenvalue weighted by Crippen LogP contribution is 2.32. The number of carbonyl (C=O) groups excluding carboxylic acids is 2. The summed E-state index contributed by atoms with van der Waals surface area (Å²) in [4.78, 5) is 45.9. The largest absolute Gasteiger partial charge is 0.494 e. The summed E-state index contributed by atoms with van der Waals surface area (Å²) in [6.07, 6.45) is 1.86. The molecule has 0 radical (unpaired) electrons. The van der Waals surface area contributed by atoms with Crippen LogP contribution in [-0.2, 0) is 20.9 Å². The predicted molar refractivity (Wildman–Crippen MR) is 180 cm³/mol. The van der Waals surface area contributed by atoms with Gasteiger partial charge in [-0.05, 0) is 69.7 Å². The number of hydrogen-bond acceptors (Lipinski definition) is 7.